The van der Waals surface area contributed by atoms with E-state index in [1.165, 1.54) is 12.8 Å². The van der Waals surface area contributed by atoms with Gasteiger partial charge in [-0.2, -0.15) is 0 Å². The van der Waals surface area contributed by atoms with E-state index >= 15 is 0 Å². The molecule has 1 aliphatic heterocycles. The molecule has 0 amide bonds. The van der Waals surface area contributed by atoms with Crippen LogP contribution < -0.4 is 0 Å². The maximum absolute atomic E-state index is 11.0. The number of likely N-dealkylation sites (N-methyl/N-ethyl adjacent to an activating group) is 1. The van der Waals surface area contributed by atoms with Crippen molar-refractivity contribution >= 4 is 5.97 Å². The Morgan fingerprint density at radius 3 is 2.95 bits per heavy atom. The fraction of sp³-hybridized carbons (Fsp3) is 0.533. The van der Waals surface area contributed by atoms with Crippen LogP contribution in [0.4, 0.5) is 0 Å². The first kappa shape index (κ1) is 14.0. The van der Waals surface area contributed by atoms with Gasteiger partial charge in [0.15, 0.2) is 0 Å². The first-order valence-corrected chi connectivity index (χ1v) is 6.77. The molecule has 1 aromatic carbocycles. The van der Waals surface area contributed by atoms with Crippen molar-refractivity contribution in [3.63, 3.8) is 0 Å². The first-order valence-electron chi connectivity index (χ1n) is 6.77. The zero-order valence-corrected chi connectivity index (χ0v) is 11.7. The van der Waals surface area contributed by atoms with Crippen LogP contribution in [0.2, 0.25) is 0 Å². The SMILES string of the molecule is CN(C)C1CCCN(Cc2cccc(C(=O)O)c2)C1. The highest BCUT2D eigenvalue weighted by molar-refractivity contribution is 5.87. The third kappa shape index (κ3) is 3.78. The minimum Gasteiger partial charge on any atom is -0.478 e. The molecule has 0 radical (unpaired) electrons. The average Bonchev–Trinajstić information content (AvgIpc) is 2.39. The number of nitrogens with zero attached hydrogens (tertiary/aromatic N) is 2. The summed E-state index contributed by atoms with van der Waals surface area (Å²) in [6.07, 6.45) is 2.46. The molecule has 4 nitrogen and oxygen atoms in total. The summed E-state index contributed by atoms with van der Waals surface area (Å²) in [5.74, 6) is -0.855. The highest BCUT2D eigenvalue weighted by Crippen LogP contribution is 2.17. The molecule has 1 saturated heterocycles. The predicted molar refractivity (Wildman–Crippen MR) is 75.4 cm³/mol. The van der Waals surface area contributed by atoms with Crippen molar-refractivity contribution in [2.75, 3.05) is 27.2 Å². The van der Waals surface area contributed by atoms with E-state index in [1.54, 1.807) is 12.1 Å². The molecule has 1 N–H and O–H groups in total. The Bertz CT molecular complexity index is 446. The number of carboxylic acid groups (broad SMARTS) is 1. The number of piperidine rings is 1. The van der Waals surface area contributed by atoms with Crippen LogP contribution in [0.5, 0.6) is 0 Å². The van der Waals surface area contributed by atoms with Crippen LogP contribution in [0.1, 0.15) is 28.8 Å². The summed E-state index contributed by atoms with van der Waals surface area (Å²) < 4.78 is 0. The molecule has 0 spiro atoms. The van der Waals surface area contributed by atoms with Gasteiger partial charge in [0.2, 0.25) is 0 Å². The summed E-state index contributed by atoms with van der Waals surface area (Å²) >= 11 is 0. The Morgan fingerprint density at radius 2 is 2.26 bits per heavy atom. The van der Waals surface area contributed by atoms with E-state index in [4.69, 9.17) is 5.11 Å². The highest BCUT2D eigenvalue weighted by Gasteiger charge is 2.21. The number of hydrogen-bond acceptors (Lipinski definition) is 3. The number of likely N-dealkylation sites (tertiary alicyclic amines) is 1. The average molecular weight is 262 g/mol. The fourth-order valence-electron chi connectivity index (χ4n) is 2.66. The minimum absolute atomic E-state index is 0.374. The Balaban J connectivity index is 2.00. The van der Waals surface area contributed by atoms with Crippen LogP contribution >= 0.6 is 0 Å². The second-order valence-corrected chi connectivity index (χ2v) is 5.50. The maximum Gasteiger partial charge on any atom is 0.335 e. The van der Waals surface area contributed by atoms with Crippen molar-refractivity contribution < 1.29 is 9.90 Å². The third-order valence-corrected chi connectivity index (χ3v) is 3.79. The van der Waals surface area contributed by atoms with Crippen molar-refractivity contribution in [1.29, 1.82) is 0 Å². The number of carboxylic acids is 1. The summed E-state index contributed by atoms with van der Waals surface area (Å²) in [7, 11) is 4.25. The van der Waals surface area contributed by atoms with E-state index in [0.717, 1.165) is 25.2 Å². The second-order valence-electron chi connectivity index (χ2n) is 5.50. The van der Waals surface area contributed by atoms with Gasteiger partial charge in [-0.3, -0.25) is 4.90 Å². The van der Waals surface area contributed by atoms with Crippen molar-refractivity contribution in [3.05, 3.63) is 35.4 Å². The topological polar surface area (TPSA) is 43.8 Å². The lowest BCUT2D eigenvalue weighted by Gasteiger charge is -2.36. The van der Waals surface area contributed by atoms with Gasteiger partial charge in [-0.25, -0.2) is 4.79 Å². The Morgan fingerprint density at radius 1 is 1.47 bits per heavy atom. The van der Waals surface area contributed by atoms with Gasteiger partial charge in [-0.05, 0) is 51.2 Å². The van der Waals surface area contributed by atoms with Gasteiger partial charge in [-0.1, -0.05) is 12.1 Å². The van der Waals surface area contributed by atoms with Gasteiger partial charge in [-0.15, -0.1) is 0 Å². The van der Waals surface area contributed by atoms with Crippen LogP contribution in [0.15, 0.2) is 24.3 Å². The number of hydrogen-bond donors (Lipinski definition) is 1. The lowest BCUT2D eigenvalue weighted by Crippen LogP contribution is -2.44. The molecule has 0 bridgehead atoms. The van der Waals surface area contributed by atoms with Gasteiger partial charge in [0, 0.05) is 19.1 Å². The quantitative estimate of drug-likeness (QED) is 0.900. The zero-order valence-electron chi connectivity index (χ0n) is 11.7. The van der Waals surface area contributed by atoms with Crippen LogP contribution in [0.25, 0.3) is 0 Å². The van der Waals surface area contributed by atoms with E-state index in [-0.39, 0.29) is 0 Å². The van der Waals surface area contributed by atoms with Gasteiger partial charge >= 0.3 is 5.97 Å². The van der Waals surface area contributed by atoms with E-state index in [9.17, 15) is 4.79 Å². The molecule has 1 atom stereocenters. The maximum atomic E-state index is 11.0. The highest BCUT2D eigenvalue weighted by atomic mass is 16.4. The Kier molecular flexibility index (Phi) is 4.56. The molecule has 1 fully saturated rings. The summed E-state index contributed by atoms with van der Waals surface area (Å²) in [6.45, 7) is 3.00. The molecule has 4 heteroatoms. The lowest BCUT2D eigenvalue weighted by molar-refractivity contribution is 0.0696. The van der Waals surface area contributed by atoms with Gasteiger partial charge in [0.05, 0.1) is 5.56 Å². The molecular formula is C15H22N2O2. The van der Waals surface area contributed by atoms with Crippen molar-refractivity contribution in [2.45, 2.75) is 25.4 Å². The fourth-order valence-corrected chi connectivity index (χ4v) is 2.66. The van der Waals surface area contributed by atoms with Crippen molar-refractivity contribution in [2.24, 2.45) is 0 Å². The summed E-state index contributed by atoms with van der Waals surface area (Å²) in [5.41, 5.74) is 1.46. The number of aromatic carboxylic acids is 1. The molecule has 0 saturated carbocycles. The van der Waals surface area contributed by atoms with E-state index in [0.29, 0.717) is 11.6 Å². The van der Waals surface area contributed by atoms with Crippen molar-refractivity contribution in [1.82, 2.24) is 9.80 Å². The Labute approximate surface area is 114 Å². The molecule has 1 unspecified atom stereocenters. The molecule has 104 valence electrons. The Hall–Kier alpha value is -1.39. The second kappa shape index (κ2) is 6.17. The normalized spacial score (nSPS) is 20.7. The summed E-state index contributed by atoms with van der Waals surface area (Å²) in [6, 6.07) is 7.86. The predicted octanol–water partition coefficient (Wildman–Crippen LogP) is 1.91. The van der Waals surface area contributed by atoms with Crippen LogP contribution in [0.3, 0.4) is 0 Å². The lowest BCUT2D eigenvalue weighted by atomic mass is 10.0. The first-order chi connectivity index (χ1) is 9.06. The van der Waals surface area contributed by atoms with Gasteiger partial charge < -0.3 is 10.0 Å². The largest absolute Gasteiger partial charge is 0.478 e. The number of rotatable bonds is 4. The zero-order chi connectivity index (χ0) is 13.8. The molecular weight excluding hydrogens is 240 g/mol. The molecule has 1 aromatic rings. The monoisotopic (exact) mass is 262 g/mol. The van der Waals surface area contributed by atoms with Crippen LogP contribution in [-0.4, -0.2) is 54.1 Å². The van der Waals surface area contributed by atoms with E-state index in [1.807, 2.05) is 12.1 Å². The summed E-state index contributed by atoms with van der Waals surface area (Å²) in [4.78, 5) is 15.7. The van der Waals surface area contributed by atoms with E-state index < -0.39 is 5.97 Å². The molecule has 0 aromatic heterocycles. The molecule has 1 aliphatic rings. The smallest absolute Gasteiger partial charge is 0.335 e. The van der Waals surface area contributed by atoms with Gasteiger partial charge in [0.1, 0.15) is 0 Å². The van der Waals surface area contributed by atoms with Crippen molar-refractivity contribution in [3.8, 4) is 0 Å². The molecule has 1 heterocycles. The van der Waals surface area contributed by atoms with Crippen LogP contribution in [-0.2, 0) is 6.54 Å². The molecule has 19 heavy (non-hydrogen) atoms. The third-order valence-electron chi connectivity index (χ3n) is 3.79. The molecule has 0 aliphatic carbocycles. The standard InChI is InChI=1S/C15H22N2O2/c1-16(2)14-7-4-8-17(11-14)10-12-5-3-6-13(9-12)15(18)19/h3,5-6,9,14H,4,7-8,10-11H2,1-2H3,(H,18,19). The number of benzene rings is 1. The van der Waals surface area contributed by atoms with Gasteiger partial charge in [0.25, 0.3) is 0 Å². The van der Waals surface area contributed by atoms with E-state index in [2.05, 4.69) is 23.9 Å². The summed E-state index contributed by atoms with van der Waals surface area (Å²) in [5, 5.41) is 9.01. The van der Waals surface area contributed by atoms with Crippen LogP contribution in [0, 0.1) is 0 Å². The molecule has 2 rings (SSSR count). The minimum atomic E-state index is -0.855. The number of carbonyl (C=O) groups is 1.